The van der Waals surface area contributed by atoms with Gasteiger partial charge < -0.3 is 19.9 Å². The normalized spacial score (nSPS) is 15.3. The minimum atomic E-state index is -0.310. The Hall–Kier alpha value is -0.910. The van der Waals surface area contributed by atoms with Crippen LogP contribution in [0.15, 0.2) is 18.2 Å². The lowest BCUT2D eigenvalue weighted by Crippen LogP contribution is -2.26. The number of thioether (sulfide) groups is 1. The monoisotopic (exact) mass is 313 g/mol. The molecule has 5 heteroatoms. The van der Waals surface area contributed by atoms with E-state index in [9.17, 15) is 5.11 Å². The number of benzene rings is 1. The standard InChI is InChI=1S/C16H27NO3S/c1-6-17-15(10-21-12(3)11(2)18)14-8-7-13(19-4)9-16(14)20-5/h7-9,11-12,15,17-18H,6,10H2,1-5H3. The third-order valence-corrected chi connectivity index (χ3v) is 4.92. The highest BCUT2D eigenvalue weighted by molar-refractivity contribution is 7.99. The lowest BCUT2D eigenvalue weighted by atomic mass is 10.1. The van der Waals surface area contributed by atoms with Gasteiger partial charge in [0.25, 0.3) is 0 Å². The number of hydrogen-bond acceptors (Lipinski definition) is 5. The van der Waals surface area contributed by atoms with E-state index in [-0.39, 0.29) is 17.4 Å². The molecular formula is C16H27NO3S. The van der Waals surface area contributed by atoms with E-state index in [0.29, 0.717) is 0 Å². The summed E-state index contributed by atoms with van der Waals surface area (Å²) in [7, 11) is 3.32. The van der Waals surface area contributed by atoms with Crippen LogP contribution in [0.1, 0.15) is 32.4 Å². The van der Waals surface area contributed by atoms with E-state index in [0.717, 1.165) is 29.4 Å². The zero-order valence-electron chi connectivity index (χ0n) is 13.6. The molecule has 21 heavy (non-hydrogen) atoms. The zero-order chi connectivity index (χ0) is 15.8. The van der Waals surface area contributed by atoms with Crippen molar-refractivity contribution in [3.63, 3.8) is 0 Å². The Bertz CT molecular complexity index is 426. The molecule has 0 saturated carbocycles. The molecule has 0 fully saturated rings. The van der Waals surface area contributed by atoms with E-state index in [4.69, 9.17) is 9.47 Å². The Kier molecular flexibility index (Phi) is 7.93. The van der Waals surface area contributed by atoms with Crippen molar-refractivity contribution in [3.8, 4) is 11.5 Å². The van der Waals surface area contributed by atoms with Crippen molar-refractivity contribution in [3.05, 3.63) is 23.8 Å². The fraction of sp³-hybridized carbons (Fsp3) is 0.625. The molecule has 0 amide bonds. The van der Waals surface area contributed by atoms with Crippen molar-refractivity contribution in [2.75, 3.05) is 26.5 Å². The fourth-order valence-corrected chi connectivity index (χ4v) is 3.07. The van der Waals surface area contributed by atoms with E-state index >= 15 is 0 Å². The number of hydrogen-bond donors (Lipinski definition) is 2. The molecule has 0 heterocycles. The van der Waals surface area contributed by atoms with Gasteiger partial charge in [0, 0.05) is 28.7 Å². The van der Waals surface area contributed by atoms with E-state index in [1.807, 2.05) is 32.0 Å². The Morgan fingerprint density at radius 2 is 1.95 bits per heavy atom. The molecule has 1 rings (SSSR count). The maximum atomic E-state index is 9.62. The van der Waals surface area contributed by atoms with Crippen molar-refractivity contribution in [1.82, 2.24) is 5.32 Å². The molecule has 0 aliphatic carbocycles. The van der Waals surface area contributed by atoms with Gasteiger partial charge in [0.05, 0.1) is 20.3 Å². The SMILES string of the molecule is CCNC(CSC(C)C(C)O)c1ccc(OC)cc1OC. The van der Waals surface area contributed by atoms with Crippen molar-refractivity contribution in [2.24, 2.45) is 0 Å². The van der Waals surface area contributed by atoms with Crippen molar-refractivity contribution in [1.29, 1.82) is 0 Å². The number of aliphatic hydroxyl groups excluding tert-OH is 1. The second-order valence-corrected chi connectivity index (χ2v) is 6.41. The number of aliphatic hydroxyl groups is 1. The van der Waals surface area contributed by atoms with Gasteiger partial charge in [-0.1, -0.05) is 19.9 Å². The van der Waals surface area contributed by atoms with Crippen LogP contribution in [0.3, 0.4) is 0 Å². The largest absolute Gasteiger partial charge is 0.497 e. The van der Waals surface area contributed by atoms with E-state index in [2.05, 4.69) is 12.2 Å². The first-order valence-corrected chi connectivity index (χ1v) is 8.33. The molecule has 4 nitrogen and oxygen atoms in total. The minimum absolute atomic E-state index is 0.182. The zero-order valence-corrected chi connectivity index (χ0v) is 14.4. The quantitative estimate of drug-likeness (QED) is 0.734. The smallest absolute Gasteiger partial charge is 0.127 e. The summed E-state index contributed by atoms with van der Waals surface area (Å²) in [5.74, 6) is 2.49. The maximum Gasteiger partial charge on any atom is 0.127 e. The van der Waals surface area contributed by atoms with Crippen LogP contribution in [0.4, 0.5) is 0 Å². The summed E-state index contributed by atoms with van der Waals surface area (Å²) in [6.45, 7) is 6.84. The molecule has 1 aromatic rings. The predicted octanol–water partition coefficient (Wildman–Crippen LogP) is 2.86. The fourth-order valence-electron chi connectivity index (χ4n) is 2.00. The number of nitrogens with one attached hydrogen (secondary N) is 1. The first-order chi connectivity index (χ1) is 10.0. The molecule has 0 aliphatic heterocycles. The summed E-state index contributed by atoms with van der Waals surface area (Å²) in [5, 5.41) is 13.3. The molecule has 0 saturated heterocycles. The molecule has 0 spiro atoms. The van der Waals surface area contributed by atoms with Gasteiger partial charge in [-0.15, -0.1) is 0 Å². The van der Waals surface area contributed by atoms with Crippen LogP contribution < -0.4 is 14.8 Å². The average Bonchev–Trinajstić information content (AvgIpc) is 2.50. The summed E-state index contributed by atoms with van der Waals surface area (Å²) in [5.41, 5.74) is 1.12. The third kappa shape index (κ3) is 5.41. The van der Waals surface area contributed by atoms with Crippen LogP contribution in [0.2, 0.25) is 0 Å². The number of rotatable bonds is 9. The van der Waals surface area contributed by atoms with Crippen LogP contribution in [0.25, 0.3) is 0 Å². The molecule has 0 aromatic heterocycles. The first kappa shape index (κ1) is 18.1. The van der Waals surface area contributed by atoms with Gasteiger partial charge in [0.1, 0.15) is 11.5 Å². The van der Waals surface area contributed by atoms with Crippen molar-refractivity contribution < 1.29 is 14.6 Å². The Morgan fingerprint density at radius 1 is 1.24 bits per heavy atom. The number of ether oxygens (including phenoxy) is 2. The molecule has 3 atom stereocenters. The lowest BCUT2D eigenvalue weighted by Gasteiger charge is -2.23. The van der Waals surface area contributed by atoms with Gasteiger partial charge in [-0.25, -0.2) is 0 Å². The summed E-state index contributed by atoms with van der Waals surface area (Å²) in [4.78, 5) is 0. The van der Waals surface area contributed by atoms with Crippen molar-refractivity contribution >= 4 is 11.8 Å². The van der Waals surface area contributed by atoms with Crippen LogP contribution in [0, 0.1) is 0 Å². The van der Waals surface area contributed by atoms with Gasteiger partial charge in [0.15, 0.2) is 0 Å². The van der Waals surface area contributed by atoms with Gasteiger partial charge in [-0.05, 0) is 19.5 Å². The highest BCUT2D eigenvalue weighted by Crippen LogP contribution is 2.32. The Balaban J connectivity index is 2.89. The Morgan fingerprint density at radius 3 is 2.48 bits per heavy atom. The van der Waals surface area contributed by atoms with Crippen LogP contribution >= 0.6 is 11.8 Å². The molecule has 1 aromatic carbocycles. The summed E-state index contributed by atoms with van der Waals surface area (Å²) >= 11 is 1.76. The van der Waals surface area contributed by atoms with E-state index in [1.54, 1.807) is 26.0 Å². The van der Waals surface area contributed by atoms with Gasteiger partial charge in [-0.2, -0.15) is 11.8 Å². The molecule has 0 aliphatic rings. The van der Waals surface area contributed by atoms with Crippen LogP contribution in [-0.4, -0.2) is 43.0 Å². The molecular weight excluding hydrogens is 286 g/mol. The molecule has 0 bridgehead atoms. The summed E-state index contributed by atoms with van der Waals surface area (Å²) < 4.78 is 10.7. The van der Waals surface area contributed by atoms with E-state index in [1.165, 1.54) is 0 Å². The first-order valence-electron chi connectivity index (χ1n) is 7.28. The molecule has 3 unspecified atom stereocenters. The number of methoxy groups -OCH3 is 2. The summed E-state index contributed by atoms with van der Waals surface area (Å²) in [6, 6.07) is 6.08. The highest BCUT2D eigenvalue weighted by Gasteiger charge is 2.18. The topological polar surface area (TPSA) is 50.7 Å². The highest BCUT2D eigenvalue weighted by atomic mass is 32.2. The predicted molar refractivity (Wildman–Crippen MR) is 89.6 cm³/mol. The lowest BCUT2D eigenvalue weighted by molar-refractivity contribution is 0.196. The van der Waals surface area contributed by atoms with Crippen LogP contribution in [0.5, 0.6) is 11.5 Å². The summed E-state index contributed by atoms with van der Waals surface area (Å²) in [6.07, 6.45) is -0.310. The van der Waals surface area contributed by atoms with Gasteiger partial charge >= 0.3 is 0 Å². The molecule has 120 valence electrons. The van der Waals surface area contributed by atoms with Crippen LogP contribution in [-0.2, 0) is 0 Å². The minimum Gasteiger partial charge on any atom is -0.497 e. The second-order valence-electron chi connectivity index (χ2n) is 5.00. The Labute approximate surface area is 132 Å². The third-order valence-electron chi connectivity index (χ3n) is 3.47. The van der Waals surface area contributed by atoms with Gasteiger partial charge in [-0.3, -0.25) is 0 Å². The molecule has 0 radical (unpaired) electrons. The average molecular weight is 313 g/mol. The maximum absolute atomic E-state index is 9.62. The molecule has 2 N–H and O–H groups in total. The van der Waals surface area contributed by atoms with Gasteiger partial charge in [0.2, 0.25) is 0 Å². The van der Waals surface area contributed by atoms with E-state index < -0.39 is 0 Å². The van der Waals surface area contributed by atoms with Crippen molar-refractivity contribution in [2.45, 2.75) is 38.2 Å². The second kappa shape index (κ2) is 9.18.